The number of rotatable bonds is 6. The van der Waals surface area contributed by atoms with E-state index in [0.717, 1.165) is 0 Å². The first kappa shape index (κ1) is 16.5. The summed E-state index contributed by atoms with van der Waals surface area (Å²) in [5.74, 6) is -0.782. The van der Waals surface area contributed by atoms with Crippen molar-refractivity contribution in [1.82, 2.24) is 10.6 Å². The van der Waals surface area contributed by atoms with Crippen LogP contribution in [-0.2, 0) is 0 Å². The Morgan fingerprint density at radius 2 is 1.65 bits per heavy atom. The summed E-state index contributed by atoms with van der Waals surface area (Å²) in [4.78, 5) is 23.4. The second kappa shape index (κ2) is 8.53. The summed E-state index contributed by atoms with van der Waals surface area (Å²) in [7, 11) is 0. The fourth-order valence-corrected chi connectivity index (χ4v) is 1.92. The quantitative estimate of drug-likeness (QED) is 0.717. The summed E-state index contributed by atoms with van der Waals surface area (Å²) >= 11 is 0. The van der Waals surface area contributed by atoms with Gasteiger partial charge < -0.3 is 16.0 Å². The predicted octanol–water partition coefficient (Wildman–Crippen LogP) is 2.77. The SMILES string of the molecule is O=C(NCCCNC(=O)c1cccc(F)c1)Nc1ccccc1. The van der Waals surface area contributed by atoms with Gasteiger partial charge in [-0.05, 0) is 36.8 Å². The van der Waals surface area contributed by atoms with E-state index in [9.17, 15) is 14.0 Å². The maximum Gasteiger partial charge on any atom is 0.319 e. The molecule has 0 radical (unpaired) electrons. The summed E-state index contributed by atoms with van der Waals surface area (Å²) in [6.07, 6.45) is 0.573. The van der Waals surface area contributed by atoms with Crippen molar-refractivity contribution in [2.45, 2.75) is 6.42 Å². The molecule has 3 amide bonds. The molecule has 0 aromatic heterocycles. The number of carbonyl (C=O) groups excluding carboxylic acids is 2. The van der Waals surface area contributed by atoms with Crippen LogP contribution in [0.1, 0.15) is 16.8 Å². The summed E-state index contributed by atoms with van der Waals surface area (Å²) in [6.45, 7) is 0.809. The van der Waals surface area contributed by atoms with Crippen molar-refractivity contribution < 1.29 is 14.0 Å². The molecule has 0 bridgehead atoms. The molecule has 0 unspecified atom stereocenters. The fraction of sp³-hybridized carbons (Fsp3) is 0.176. The van der Waals surface area contributed by atoms with Crippen LogP contribution in [0.25, 0.3) is 0 Å². The topological polar surface area (TPSA) is 70.2 Å². The van der Waals surface area contributed by atoms with E-state index in [2.05, 4.69) is 16.0 Å². The van der Waals surface area contributed by atoms with Gasteiger partial charge in [0.2, 0.25) is 0 Å². The highest BCUT2D eigenvalue weighted by Crippen LogP contribution is 2.04. The molecule has 23 heavy (non-hydrogen) atoms. The number of para-hydroxylation sites is 1. The van der Waals surface area contributed by atoms with Crippen LogP contribution in [-0.4, -0.2) is 25.0 Å². The Balaban J connectivity index is 1.62. The van der Waals surface area contributed by atoms with Crippen LogP contribution in [0.2, 0.25) is 0 Å². The Bertz CT molecular complexity index is 662. The molecule has 0 aliphatic carbocycles. The van der Waals surface area contributed by atoms with Crippen molar-refractivity contribution in [3.8, 4) is 0 Å². The van der Waals surface area contributed by atoms with Gasteiger partial charge in [-0.15, -0.1) is 0 Å². The molecule has 0 saturated carbocycles. The van der Waals surface area contributed by atoms with Crippen LogP contribution in [0.15, 0.2) is 54.6 Å². The minimum absolute atomic E-state index is 0.278. The Kier molecular flexibility index (Phi) is 6.11. The first-order valence-corrected chi connectivity index (χ1v) is 7.29. The number of anilines is 1. The first-order chi connectivity index (χ1) is 11.1. The van der Waals surface area contributed by atoms with Gasteiger partial charge in [0.15, 0.2) is 0 Å². The van der Waals surface area contributed by atoms with Crippen LogP contribution in [0.5, 0.6) is 0 Å². The van der Waals surface area contributed by atoms with Gasteiger partial charge in [0.25, 0.3) is 5.91 Å². The van der Waals surface area contributed by atoms with E-state index in [-0.39, 0.29) is 17.5 Å². The lowest BCUT2D eigenvalue weighted by Crippen LogP contribution is -2.32. The maximum atomic E-state index is 13.0. The van der Waals surface area contributed by atoms with Gasteiger partial charge in [0.1, 0.15) is 5.82 Å². The average Bonchev–Trinajstić information content (AvgIpc) is 2.55. The lowest BCUT2D eigenvalue weighted by atomic mass is 10.2. The monoisotopic (exact) mass is 315 g/mol. The number of hydrogen-bond donors (Lipinski definition) is 3. The van der Waals surface area contributed by atoms with Crippen molar-refractivity contribution >= 4 is 17.6 Å². The third-order valence-electron chi connectivity index (χ3n) is 3.04. The zero-order valence-electron chi connectivity index (χ0n) is 12.5. The molecular formula is C17H18FN3O2. The smallest absolute Gasteiger partial charge is 0.319 e. The number of benzene rings is 2. The van der Waals surface area contributed by atoms with Crippen molar-refractivity contribution in [3.63, 3.8) is 0 Å². The molecule has 120 valence electrons. The molecule has 2 aromatic rings. The molecular weight excluding hydrogens is 297 g/mol. The van der Waals surface area contributed by atoms with Crippen molar-refractivity contribution in [2.24, 2.45) is 0 Å². The molecule has 2 rings (SSSR count). The standard InChI is InChI=1S/C17H18FN3O2/c18-14-7-4-6-13(12-14)16(22)19-10-5-11-20-17(23)21-15-8-2-1-3-9-15/h1-4,6-9,12H,5,10-11H2,(H,19,22)(H2,20,21,23). The third-order valence-corrected chi connectivity index (χ3v) is 3.04. The summed E-state index contributed by atoms with van der Waals surface area (Å²) in [5.41, 5.74) is 0.990. The van der Waals surface area contributed by atoms with E-state index in [1.165, 1.54) is 18.2 Å². The summed E-state index contributed by atoms with van der Waals surface area (Å²) < 4.78 is 13.0. The highest BCUT2D eigenvalue weighted by molar-refractivity contribution is 5.94. The van der Waals surface area contributed by atoms with E-state index in [1.54, 1.807) is 18.2 Å². The third kappa shape index (κ3) is 5.78. The number of urea groups is 1. The number of nitrogens with one attached hydrogen (secondary N) is 3. The van der Waals surface area contributed by atoms with Gasteiger partial charge in [0, 0.05) is 24.3 Å². The predicted molar refractivity (Wildman–Crippen MR) is 86.8 cm³/mol. The maximum absolute atomic E-state index is 13.0. The normalized spacial score (nSPS) is 9.96. The Labute approximate surface area is 133 Å². The number of carbonyl (C=O) groups is 2. The van der Waals surface area contributed by atoms with Gasteiger partial charge >= 0.3 is 6.03 Å². The fourth-order valence-electron chi connectivity index (χ4n) is 1.92. The van der Waals surface area contributed by atoms with Crippen molar-refractivity contribution in [3.05, 3.63) is 66.0 Å². The molecule has 0 heterocycles. The lowest BCUT2D eigenvalue weighted by Gasteiger charge is -2.08. The minimum atomic E-state index is -0.447. The van der Waals surface area contributed by atoms with Crippen molar-refractivity contribution in [2.75, 3.05) is 18.4 Å². The number of halogens is 1. The molecule has 0 fully saturated rings. The Morgan fingerprint density at radius 3 is 2.39 bits per heavy atom. The van der Waals surface area contributed by atoms with Gasteiger partial charge in [-0.2, -0.15) is 0 Å². The highest BCUT2D eigenvalue weighted by atomic mass is 19.1. The van der Waals surface area contributed by atoms with E-state index >= 15 is 0 Å². The lowest BCUT2D eigenvalue weighted by molar-refractivity contribution is 0.0953. The molecule has 0 saturated heterocycles. The van der Waals surface area contributed by atoms with Gasteiger partial charge in [-0.25, -0.2) is 9.18 Å². The molecule has 5 nitrogen and oxygen atoms in total. The second-order valence-corrected chi connectivity index (χ2v) is 4.87. The van der Waals surface area contributed by atoms with Crippen LogP contribution < -0.4 is 16.0 Å². The van der Waals surface area contributed by atoms with Crippen LogP contribution >= 0.6 is 0 Å². The Hall–Kier alpha value is -2.89. The van der Waals surface area contributed by atoms with E-state index in [1.807, 2.05) is 18.2 Å². The van der Waals surface area contributed by atoms with Crippen LogP contribution in [0.3, 0.4) is 0 Å². The largest absolute Gasteiger partial charge is 0.352 e. The zero-order chi connectivity index (χ0) is 16.5. The summed E-state index contributed by atoms with van der Waals surface area (Å²) in [6, 6.07) is 14.3. The van der Waals surface area contributed by atoms with Crippen molar-refractivity contribution in [1.29, 1.82) is 0 Å². The molecule has 0 spiro atoms. The summed E-state index contributed by atoms with van der Waals surface area (Å²) in [5, 5.41) is 8.06. The highest BCUT2D eigenvalue weighted by Gasteiger charge is 2.05. The molecule has 0 aliphatic heterocycles. The number of amides is 3. The minimum Gasteiger partial charge on any atom is -0.352 e. The second-order valence-electron chi connectivity index (χ2n) is 4.87. The van der Waals surface area contributed by atoms with Gasteiger partial charge in [-0.1, -0.05) is 24.3 Å². The van der Waals surface area contributed by atoms with Gasteiger partial charge in [-0.3, -0.25) is 4.79 Å². The zero-order valence-corrected chi connectivity index (χ0v) is 12.5. The molecule has 0 atom stereocenters. The first-order valence-electron chi connectivity index (χ1n) is 7.29. The molecule has 0 aliphatic rings. The average molecular weight is 315 g/mol. The molecule has 3 N–H and O–H groups in total. The Morgan fingerprint density at radius 1 is 0.913 bits per heavy atom. The molecule has 6 heteroatoms. The van der Waals surface area contributed by atoms with E-state index in [4.69, 9.17) is 0 Å². The van der Waals surface area contributed by atoms with Gasteiger partial charge in [0.05, 0.1) is 0 Å². The van der Waals surface area contributed by atoms with Crippen LogP contribution in [0.4, 0.5) is 14.9 Å². The van der Waals surface area contributed by atoms with E-state index < -0.39 is 5.82 Å². The molecule has 2 aromatic carbocycles. The van der Waals surface area contributed by atoms with Crippen LogP contribution in [0, 0.1) is 5.82 Å². The number of hydrogen-bond acceptors (Lipinski definition) is 2. The van der Waals surface area contributed by atoms with E-state index in [0.29, 0.717) is 25.2 Å².